The maximum Gasteiger partial charge on any atom is 0.222 e. The van der Waals surface area contributed by atoms with E-state index in [1.807, 2.05) is 0 Å². The molecule has 1 rings (SSSR count). The van der Waals surface area contributed by atoms with Gasteiger partial charge in [-0.15, -0.1) is 0 Å². The number of nitrogens with one attached hydrogen (secondary N) is 1. The van der Waals surface area contributed by atoms with Crippen LogP contribution >= 0.6 is 0 Å². The van der Waals surface area contributed by atoms with Crippen LogP contribution in [0.3, 0.4) is 0 Å². The molecule has 1 amide bonds. The molecule has 16 heavy (non-hydrogen) atoms. The molecule has 0 aliphatic heterocycles. The van der Waals surface area contributed by atoms with Crippen molar-refractivity contribution < 1.29 is 14.3 Å². The Labute approximate surface area is 96.7 Å². The number of hydrogen-bond donors (Lipinski definition) is 2. The van der Waals surface area contributed by atoms with E-state index in [0.717, 1.165) is 19.3 Å². The van der Waals surface area contributed by atoms with Gasteiger partial charge < -0.3 is 20.5 Å². The van der Waals surface area contributed by atoms with Gasteiger partial charge in [0.25, 0.3) is 0 Å². The van der Waals surface area contributed by atoms with Gasteiger partial charge in [0, 0.05) is 26.8 Å². The van der Waals surface area contributed by atoms with Crippen molar-refractivity contribution in [3.63, 3.8) is 0 Å². The summed E-state index contributed by atoms with van der Waals surface area (Å²) in [5.74, 6) is 0.0130. The van der Waals surface area contributed by atoms with Crippen LogP contribution in [0.1, 0.15) is 25.7 Å². The van der Waals surface area contributed by atoms with Crippen LogP contribution in [0, 0.1) is 0 Å². The first-order valence-corrected chi connectivity index (χ1v) is 5.74. The summed E-state index contributed by atoms with van der Waals surface area (Å²) in [5.41, 5.74) is 5.46. The highest BCUT2D eigenvalue weighted by atomic mass is 16.5. The second-order valence-corrected chi connectivity index (χ2v) is 4.23. The molecule has 0 radical (unpaired) electrons. The van der Waals surface area contributed by atoms with Crippen LogP contribution in [0.2, 0.25) is 0 Å². The van der Waals surface area contributed by atoms with E-state index in [2.05, 4.69) is 5.32 Å². The first-order valence-electron chi connectivity index (χ1n) is 5.74. The Morgan fingerprint density at radius 3 is 2.75 bits per heavy atom. The van der Waals surface area contributed by atoms with E-state index in [1.165, 1.54) is 0 Å². The fourth-order valence-corrected chi connectivity index (χ4v) is 2.04. The lowest BCUT2D eigenvalue weighted by Crippen LogP contribution is -2.37. The third-order valence-electron chi connectivity index (χ3n) is 3.09. The van der Waals surface area contributed by atoms with Gasteiger partial charge in [0.05, 0.1) is 18.6 Å². The first-order chi connectivity index (χ1) is 7.69. The average Bonchev–Trinajstić information content (AvgIpc) is 2.73. The van der Waals surface area contributed by atoms with Crippen LogP contribution in [0.25, 0.3) is 0 Å². The fraction of sp³-hybridized carbons (Fsp3) is 0.909. The van der Waals surface area contributed by atoms with E-state index in [4.69, 9.17) is 15.2 Å². The summed E-state index contributed by atoms with van der Waals surface area (Å²) in [7, 11) is 3.28. The summed E-state index contributed by atoms with van der Waals surface area (Å²) in [6.45, 7) is 0.370. The third-order valence-corrected chi connectivity index (χ3v) is 3.09. The molecule has 1 fully saturated rings. The van der Waals surface area contributed by atoms with Crippen LogP contribution in [-0.2, 0) is 14.3 Å². The van der Waals surface area contributed by atoms with Crippen LogP contribution in [0.5, 0.6) is 0 Å². The molecule has 0 aromatic heterocycles. The molecular formula is C11H22N2O3. The Morgan fingerprint density at radius 2 is 2.25 bits per heavy atom. The Balaban J connectivity index is 2.24. The van der Waals surface area contributed by atoms with E-state index >= 15 is 0 Å². The normalized spacial score (nSPS) is 26.7. The fourth-order valence-electron chi connectivity index (χ4n) is 2.04. The summed E-state index contributed by atoms with van der Waals surface area (Å²) < 4.78 is 10.3. The van der Waals surface area contributed by atoms with Crippen LogP contribution in [0.15, 0.2) is 0 Å². The highest BCUT2D eigenvalue weighted by molar-refractivity contribution is 5.76. The SMILES string of the molecule is COC(CN)CC(=O)NC1CCC(OC)C1. The van der Waals surface area contributed by atoms with E-state index in [1.54, 1.807) is 14.2 Å². The lowest BCUT2D eigenvalue weighted by molar-refractivity contribution is -0.124. The number of carbonyl (C=O) groups is 1. The zero-order chi connectivity index (χ0) is 12.0. The maximum atomic E-state index is 11.6. The summed E-state index contributed by atoms with van der Waals surface area (Å²) in [5, 5.41) is 2.99. The molecule has 3 N–H and O–H groups in total. The third kappa shape index (κ3) is 4.08. The molecule has 0 aromatic carbocycles. The van der Waals surface area contributed by atoms with E-state index in [-0.39, 0.29) is 24.2 Å². The van der Waals surface area contributed by atoms with Gasteiger partial charge >= 0.3 is 0 Å². The van der Waals surface area contributed by atoms with Gasteiger partial charge in [-0.1, -0.05) is 0 Å². The van der Waals surface area contributed by atoms with E-state index < -0.39 is 0 Å². The van der Waals surface area contributed by atoms with Crippen molar-refractivity contribution in [2.75, 3.05) is 20.8 Å². The monoisotopic (exact) mass is 230 g/mol. The second-order valence-electron chi connectivity index (χ2n) is 4.23. The summed E-state index contributed by atoms with van der Waals surface area (Å²) in [6, 6.07) is 0.243. The largest absolute Gasteiger partial charge is 0.381 e. The lowest BCUT2D eigenvalue weighted by atomic mass is 10.2. The highest BCUT2D eigenvalue weighted by Crippen LogP contribution is 2.21. The minimum Gasteiger partial charge on any atom is -0.381 e. The average molecular weight is 230 g/mol. The molecule has 3 atom stereocenters. The minimum absolute atomic E-state index is 0.0130. The molecule has 0 spiro atoms. The van der Waals surface area contributed by atoms with Crippen molar-refractivity contribution in [3.8, 4) is 0 Å². The molecule has 1 aliphatic carbocycles. The molecule has 1 saturated carbocycles. The Kier molecular flexibility index (Phi) is 5.73. The number of ether oxygens (including phenoxy) is 2. The topological polar surface area (TPSA) is 73.6 Å². The number of hydrogen-bond acceptors (Lipinski definition) is 4. The molecular weight excluding hydrogens is 208 g/mol. The Hall–Kier alpha value is -0.650. The quantitative estimate of drug-likeness (QED) is 0.675. The van der Waals surface area contributed by atoms with Crippen LogP contribution < -0.4 is 11.1 Å². The van der Waals surface area contributed by atoms with Crippen LogP contribution in [-0.4, -0.2) is 44.9 Å². The smallest absolute Gasteiger partial charge is 0.222 e. The molecule has 0 saturated heterocycles. The zero-order valence-electron chi connectivity index (χ0n) is 10.1. The lowest BCUT2D eigenvalue weighted by Gasteiger charge is -2.16. The summed E-state index contributed by atoms with van der Waals surface area (Å²) in [4.78, 5) is 11.6. The van der Waals surface area contributed by atoms with Gasteiger partial charge in [-0.25, -0.2) is 0 Å². The van der Waals surface area contributed by atoms with Gasteiger partial charge in [-0.05, 0) is 19.3 Å². The number of nitrogens with two attached hydrogens (primary N) is 1. The zero-order valence-corrected chi connectivity index (χ0v) is 10.1. The number of methoxy groups -OCH3 is 2. The predicted molar refractivity (Wildman–Crippen MR) is 61.0 cm³/mol. The second kappa shape index (κ2) is 6.83. The van der Waals surface area contributed by atoms with Gasteiger partial charge in [0.2, 0.25) is 5.91 Å². The molecule has 0 aromatic rings. The van der Waals surface area contributed by atoms with Gasteiger partial charge in [-0.3, -0.25) is 4.79 Å². The van der Waals surface area contributed by atoms with Crippen molar-refractivity contribution >= 4 is 5.91 Å². The van der Waals surface area contributed by atoms with Crippen molar-refractivity contribution in [1.29, 1.82) is 0 Å². The number of carbonyl (C=O) groups excluding carboxylic acids is 1. The molecule has 5 heteroatoms. The molecule has 3 unspecified atom stereocenters. The molecule has 0 bridgehead atoms. The van der Waals surface area contributed by atoms with Crippen molar-refractivity contribution in [1.82, 2.24) is 5.32 Å². The van der Waals surface area contributed by atoms with E-state index in [9.17, 15) is 4.79 Å². The number of amides is 1. The molecule has 0 heterocycles. The van der Waals surface area contributed by atoms with E-state index in [0.29, 0.717) is 13.0 Å². The first kappa shape index (κ1) is 13.4. The Morgan fingerprint density at radius 1 is 1.50 bits per heavy atom. The summed E-state index contributed by atoms with van der Waals surface area (Å²) in [6.07, 6.45) is 3.36. The molecule has 94 valence electrons. The molecule has 5 nitrogen and oxygen atoms in total. The van der Waals surface area contributed by atoms with Gasteiger partial charge in [0.1, 0.15) is 0 Å². The van der Waals surface area contributed by atoms with Gasteiger partial charge in [0.15, 0.2) is 0 Å². The predicted octanol–water partition coefficient (Wildman–Crippen LogP) is 0.0339. The summed E-state index contributed by atoms with van der Waals surface area (Å²) >= 11 is 0. The standard InChI is InChI=1S/C11H22N2O3/c1-15-9-4-3-8(5-9)13-11(14)6-10(7-12)16-2/h8-10H,3-7,12H2,1-2H3,(H,13,14). The molecule has 1 aliphatic rings. The minimum atomic E-state index is -0.181. The van der Waals surface area contributed by atoms with Crippen molar-refractivity contribution in [2.24, 2.45) is 5.73 Å². The van der Waals surface area contributed by atoms with Crippen molar-refractivity contribution in [3.05, 3.63) is 0 Å². The number of rotatable bonds is 6. The van der Waals surface area contributed by atoms with Crippen molar-refractivity contribution in [2.45, 2.75) is 43.9 Å². The van der Waals surface area contributed by atoms with Gasteiger partial charge in [-0.2, -0.15) is 0 Å². The van der Waals surface area contributed by atoms with Crippen LogP contribution in [0.4, 0.5) is 0 Å². The highest BCUT2D eigenvalue weighted by Gasteiger charge is 2.26. The Bertz CT molecular complexity index is 219. The maximum absolute atomic E-state index is 11.6.